The fraction of sp³-hybridized carbons (Fsp3) is 0.245. The van der Waals surface area contributed by atoms with Crippen LogP contribution in [0.15, 0.2) is 249 Å². The van der Waals surface area contributed by atoms with Crippen molar-refractivity contribution in [2.45, 2.75) is 132 Å². The van der Waals surface area contributed by atoms with Crippen LogP contribution in [0, 0.1) is 60.3 Å². The molecule has 584 valence electrons. The Morgan fingerprint density at radius 1 is 0.322 bits per heavy atom. The van der Waals surface area contributed by atoms with Gasteiger partial charge in [0.25, 0.3) is 0 Å². The highest BCUT2D eigenvalue weighted by Crippen LogP contribution is 2.48. The minimum atomic E-state index is -1.43. The summed E-state index contributed by atoms with van der Waals surface area (Å²) in [4.78, 5) is 18.3. The van der Waals surface area contributed by atoms with Crippen LogP contribution in [0.4, 0.5) is 0 Å². The number of furan rings is 4. The Labute approximate surface area is 696 Å². The van der Waals surface area contributed by atoms with Crippen molar-refractivity contribution >= 4 is 131 Å². The Kier molecular flexibility index (Phi) is 18.0. The van der Waals surface area contributed by atoms with E-state index in [0.29, 0.717) is 28.4 Å². The van der Waals surface area contributed by atoms with E-state index in [2.05, 4.69) is 215 Å². The average molecular weight is 1560 g/mol. The van der Waals surface area contributed by atoms with Crippen LogP contribution in [0.5, 0.6) is 0 Å². The SMILES string of the molecule is Cc1cc[n+](C)c(-c2c(C)c3ccccc3c3c2oc2nc(C)ccc23)c1.[2H]C([2H])(C)c1cc[n+](C)c(-c2c(C)c3ccccc3c3c2oc2nc(C)ccc23)c1.[2H]C([2H])(c1cc[n+](C)c(-c2c(C)c3ccccc3c3c2oc2ncccc23)c1)C1CCCC1.[2H]C([2H])(c1cc[n+](C)c(-c2c(C)c3ccccc3c3c2oc2ncccc23)c1)C1CCCCC1. The monoisotopic (exact) mass is 1550 g/mol. The van der Waals surface area contributed by atoms with E-state index in [-0.39, 0.29) is 11.8 Å². The van der Waals surface area contributed by atoms with Gasteiger partial charge < -0.3 is 17.7 Å². The second-order valence-electron chi connectivity index (χ2n) is 32.5. The molecule has 20 aromatic rings. The summed E-state index contributed by atoms with van der Waals surface area (Å²) in [5, 5.41) is 17.9. The number of hydrogen-bond donors (Lipinski definition) is 0. The third-order valence-electron chi connectivity index (χ3n) is 24.9. The van der Waals surface area contributed by atoms with Gasteiger partial charge in [0.05, 0.1) is 22.3 Å². The van der Waals surface area contributed by atoms with E-state index in [1.165, 1.54) is 39.1 Å². The first-order valence-corrected chi connectivity index (χ1v) is 41.5. The van der Waals surface area contributed by atoms with E-state index in [4.69, 9.17) is 25.9 Å². The summed E-state index contributed by atoms with van der Waals surface area (Å²) in [7, 11) is 8.11. The molecule has 2 aliphatic carbocycles. The smallest absolute Gasteiger partial charge is 0.227 e. The lowest BCUT2D eigenvalue weighted by molar-refractivity contribution is -0.660. The molecule has 0 aliphatic heterocycles. The Morgan fingerprint density at radius 3 is 0.983 bits per heavy atom. The Balaban J connectivity index is 0.000000109. The summed E-state index contributed by atoms with van der Waals surface area (Å²) in [6.45, 7) is 16.2. The first-order chi connectivity index (χ1) is 59.7. The van der Waals surface area contributed by atoms with Crippen molar-refractivity contribution in [1.29, 1.82) is 0 Å². The van der Waals surface area contributed by atoms with Crippen LogP contribution in [0.1, 0.15) is 129 Å². The number of aromatic nitrogens is 8. The topological polar surface area (TPSA) is 120 Å². The number of rotatable bonds is 9. The van der Waals surface area contributed by atoms with Crippen LogP contribution >= 0.6 is 0 Å². The minimum absolute atomic E-state index is 0.0647. The number of benzene rings is 8. The van der Waals surface area contributed by atoms with E-state index in [9.17, 15) is 0 Å². The van der Waals surface area contributed by atoms with E-state index < -0.39 is 19.1 Å². The van der Waals surface area contributed by atoms with Crippen molar-refractivity contribution in [3.8, 4) is 45.0 Å². The molecule has 0 amide bonds. The zero-order valence-electron chi connectivity index (χ0n) is 75.2. The zero-order valence-corrected chi connectivity index (χ0v) is 69.2. The highest BCUT2D eigenvalue weighted by Gasteiger charge is 2.31. The molecule has 12 heterocycles. The van der Waals surface area contributed by atoms with Crippen molar-refractivity contribution in [2.24, 2.45) is 40.0 Å². The van der Waals surface area contributed by atoms with E-state index >= 15 is 0 Å². The number of pyridine rings is 8. The van der Waals surface area contributed by atoms with Gasteiger partial charge in [-0.3, -0.25) is 0 Å². The standard InChI is InChI=1S/C29H29N2O.C28H27N2O.C25H23N2O.C24H21N2O/c1-19-22-11-6-7-12-23(22)27-24-13-8-15-30-29(24)32-28(27)26(19)25-18-21(14-16-31(25)2)17-20-9-4-3-5-10-20;1-18-21-10-5-6-11-22(21)26-23-12-7-14-29-28(23)31-27(26)25(18)24-17-20(13-15-30(24)2)16-19-8-3-4-9-19;1-5-17-12-13-27(4)21(14-17)22-16(3)18-8-6-7-9-19(18)23-20-11-10-15(2)26-25(20)28-24(22)23;1-14-11-12-26(4)20(13-14)21-16(3)17-7-5-6-8-18(17)22-19-10-9-15(2)25-24(19)27-23(21)22/h6-8,11-16,18,20H,3-5,9-10,17H2,1-2H3;5-7,10-15,17,19H,3-4,8-9,16H2,1-2H3;6-14H,5H2,1-4H3;5-13H,1-4H3/q4*+1/i17D2;16D2;5D2;. The summed E-state index contributed by atoms with van der Waals surface area (Å²) in [6.07, 6.45) is 16.9. The second kappa shape index (κ2) is 31.0. The van der Waals surface area contributed by atoms with Gasteiger partial charge in [0.1, 0.15) is 28.2 Å². The van der Waals surface area contributed by atoms with E-state index in [0.717, 1.165) is 223 Å². The van der Waals surface area contributed by atoms with Gasteiger partial charge in [-0.15, -0.1) is 0 Å². The van der Waals surface area contributed by atoms with Crippen LogP contribution in [0.3, 0.4) is 0 Å². The number of aryl methyl sites for hydroxylation is 12. The van der Waals surface area contributed by atoms with Crippen LogP contribution in [-0.2, 0) is 47.3 Å². The lowest BCUT2D eigenvalue weighted by atomic mass is 9.84. The minimum Gasteiger partial charge on any atom is -0.437 e. The van der Waals surface area contributed by atoms with Crippen LogP contribution in [0.25, 0.3) is 176 Å². The Hall–Kier alpha value is -12.8. The fourth-order valence-electron chi connectivity index (χ4n) is 18.8. The van der Waals surface area contributed by atoms with Gasteiger partial charge in [-0.05, 0) is 216 Å². The summed E-state index contributed by atoms with van der Waals surface area (Å²) < 4.78 is 86.3. The molecule has 0 spiro atoms. The molecular formula is C106H100N8O4+4. The molecule has 118 heavy (non-hydrogen) atoms. The summed E-state index contributed by atoms with van der Waals surface area (Å²) >= 11 is 0. The van der Waals surface area contributed by atoms with Gasteiger partial charge in [-0.1, -0.05) is 162 Å². The second-order valence-corrected chi connectivity index (χ2v) is 32.5. The molecular weight excluding hydrogens is 1450 g/mol. The largest absolute Gasteiger partial charge is 0.437 e. The maximum atomic E-state index is 9.05. The number of nitrogens with zero attached hydrogens (tertiary/aromatic N) is 8. The molecule has 0 atom stereocenters. The lowest BCUT2D eigenvalue weighted by Crippen LogP contribution is -2.31. The molecule has 2 saturated carbocycles. The molecule has 0 radical (unpaired) electrons. The summed E-state index contributed by atoms with van der Waals surface area (Å²) in [5.41, 5.74) is 23.9. The molecule has 2 aliphatic rings. The van der Waals surface area contributed by atoms with Gasteiger partial charge in [0.15, 0.2) is 47.1 Å². The predicted octanol–water partition coefficient (Wildman–Crippen LogP) is 25.1. The van der Waals surface area contributed by atoms with Gasteiger partial charge in [0.2, 0.25) is 45.6 Å². The zero-order chi connectivity index (χ0) is 86.1. The number of fused-ring (bicyclic) bond motifs is 20. The third kappa shape index (κ3) is 13.3. The van der Waals surface area contributed by atoms with Crippen molar-refractivity contribution in [3.63, 3.8) is 0 Å². The maximum Gasteiger partial charge on any atom is 0.227 e. The summed E-state index contributed by atoms with van der Waals surface area (Å²) in [5.74, 6) is 0.140. The van der Waals surface area contributed by atoms with Gasteiger partial charge in [-0.2, -0.15) is 0 Å². The van der Waals surface area contributed by atoms with Crippen molar-refractivity contribution in [1.82, 2.24) is 19.9 Å². The molecule has 12 aromatic heterocycles. The van der Waals surface area contributed by atoms with Crippen LogP contribution in [-0.4, -0.2) is 19.9 Å². The van der Waals surface area contributed by atoms with E-state index in [1.807, 2.05) is 119 Å². The molecule has 0 bridgehead atoms. The van der Waals surface area contributed by atoms with Crippen molar-refractivity contribution in [2.75, 3.05) is 0 Å². The third-order valence-corrected chi connectivity index (χ3v) is 24.9. The van der Waals surface area contributed by atoms with Crippen LogP contribution < -0.4 is 18.3 Å². The molecule has 8 aromatic carbocycles. The van der Waals surface area contributed by atoms with Crippen LogP contribution in [0.2, 0.25) is 0 Å². The van der Waals surface area contributed by atoms with E-state index in [1.54, 1.807) is 19.3 Å². The van der Waals surface area contributed by atoms with Crippen molar-refractivity contribution < 1.29 is 44.2 Å². The first kappa shape index (κ1) is 68.4. The molecule has 2 fully saturated rings. The van der Waals surface area contributed by atoms with Gasteiger partial charge in [0, 0.05) is 124 Å². The molecule has 0 N–H and O–H groups in total. The quantitative estimate of drug-likeness (QED) is 0.131. The highest BCUT2D eigenvalue weighted by molar-refractivity contribution is 6.26. The van der Waals surface area contributed by atoms with Gasteiger partial charge >= 0.3 is 0 Å². The Morgan fingerprint density at radius 2 is 0.619 bits per heavy atom. The average Bonchev–Trinajstić information content (AvgIpc) is 1.55. The fourth-order valence-corrected chi connectivity index (χ4v) is 18.8. The molecule has 22 rings (SSSR count). The highest BCUT2D eigenvalue weighted by atomic mass is 16.4. The predicted molar refractivity (Wildman–Crippen MR) is 481 cm³/mol. The van der Waals surface area contributed by atoms with Gasteiger partial charge in [-0.25, -0.2) is 38.2 Å². The number of hydrogen-bond acceptors (Lipinski definition) is 8. The summed E-state index contributed by atoms with van der Waals surface area (Å²) in [6, 6.07) is 66.2. The normalized spacial score (nSPS) is 14.6. The first-order valence-electron chi connectivity index (χ1n) is 44.5. The molecule has 0 saturated heterocycles. The maximum absolute atomic E-state index is 9.05. The van der Waals surface area contributed by atoms with Crippen molar-refractivity contribution in [3.05, 3.63) is 287 Å². The molecule has 12 nitrogen and oxygen atoms in total. The molecule has 12 heteroatoms. The molecule has 0 unspecified atom stereocenters. The lowest BCUT2D eigenvalue weighted by Gasteiger charge is -2.21. The Bertz CT molecular complexity index is 7710.